The predicted octanol–water partition coefficient (Wildman–Crippen LogP) is 2.99. The molecule has 140 valence electrons. The summed E-state index contributed by atoms with van der Waals surface area (Å²) in [5, 5.41) is 0. The minimum absolute atomic E-state index is 0.0349. The summed E-state index contributed by atoms with van der Waals surface area (Å²) in [6, 6.07) is 6.03. The molecular weight excluding hydrogens is 337 g/mol. The van der Waals surface area contributed by atoms with Gasteiger partial charge in [-0.1, -0.05) is 12.1 Å². The molecule has 0 aromatic heterocycles. The second-order valence-corrected chi connectivity index (χ2v) is 7.46. The van der Waals surface area contributed by atoms with Gasteiger partial charge >= 0.3 is 0 Å². The molecule has 0 N–H and O–H groups in total. The number of carbonyl (C=O) groups excluding carboxylic acids is 2. The van der Waals surface area contributed by atoms with E-state index in [9.17, 15) is 14.0 Å². The van der Waals surface area contributed by atoms with E-state index in [-0.39, 0.29) is 35.8 Å². The molecule has 0 saturated carbocycles. The maximum absolute atomic E-state index is 13.2. The topological polar surface area (TPSA) is 55.8 Å². The fourth-order valence-electron chi connectivity index (χ4n) is 3.30. The maximum Gasteiger partial charge on any atom is 0.289 e. The molecule has 1 aromatic rings. The molecule has 0 radical (unpaired) electrons. The van der Waals surface area contributed by atoms with E-state index in [0.29, 0.717) is 19.7 Å². The first-order valence-corrected chi connectivity index (χ1v) is 8.91. The van der Waals surface area contributed by atoms with Gasteiger partial charge in [-0.2, -0.15) is 0 Å². The van der Waals surface area contributed by atoms with Gasteiger partial charge < -0.3 is 14.4 Å². The number of nitrogens with zero attached hydrogens (tertiary/aromatic N) is 1. The van der Waals surface area contributed by atoms with Crippen LogP contribution in [0.3, 0.4) is 0 Å². The van der Waals surface area contributed by atoms with Crippen LogP contribution in [-0.4, -0.2) is 41.4 Å². The van der Waals surface area contributed by atoms with Gasteiger partial charge in [0.1, 0.15) is 11.4 Å². The lowest BCUT2D eigenvalue weighted by Gasteiger charge is -2.33. The Morgan fingerprint density at radius 1 is 1.31 bits per heavy atom. The highest BCUT2D eigenvalue weighted by Crippen LogP contribution is 2.27. The fraction of sp³-hybridized carbons (Fsp3) is 0.500. The molecule has 0 unspecified atom stereocenters. The minimum atomic E-state index is -0.706. The zero-order valence-corrected chi connectivity index (χ0v) is 15.2. The Balaban J connectivity index is 1.80. The van der Waals surface area contributed by atoms with E-state index in [1.807, 2.05) is 0 Å². The van der Waals surface area contributed by atoms with Crippen LogP contribution in [0.25, 0.3) is 0 Å². The second kappa shape index (κ2) is 7.58. The number of amides is 1. The average molecular weight is 361 g/mol. The van der Waals surface area contributed by atoms with Gasteiger partial charge in [0.25, 0.3) is 5.91 Å². The van der Waals surface area contributed by atoms with Crippen LogP contribution in [0.2, 0.25) is 0 Å². The summed E-state index contributed by atoms with van der Waals surface area (Å²) in [5.74, 6) is -0.725. The molecule has 0 bridgehead atoms. The Morgan fingerprint density at radius 3 is 2.65 bits per heavy atom. The first-order chi connectivity index (χ1) is 12.3. The van der Waals surface area contributed by atoms with Gasteiger partial charge in [0.15, 0.2) is 11.5 Å². The predicted molar refractivity (Wildman–Crippen MR) is 93.7 cm³/mol. The summed E-state index contributed by atoms with van der Waals surface area (Å²) in [5.41, 5.74) is 0.0992. The SMILES string of the molecule is CC1(C)CC(=O)C=C(C(=O)N(Cc2ccc(F)cc2)C[C@@H]2CCCO2)O1. The fourth-order valence-corrected chi connectivity index (χ4v) is 3.30. The lowest BCUT2D eigenvalue weighted by molar-refractivity contribution is -0.139. The van der Waals surface area contributed by atoms with Crippen LogP contribution in [-0.2, 0) is 25.6 Å². The standard InChI is InChI=1S/C20H24FNO4/c1-20(2)11-16(23)10-18(26-20)19(24)22(13-17-4-3-9-25-17)12-14-5-7-15(21)8-6-14/h5-8,10,17H,3-4,9,11-13H2,1-2H3/t17-/m0/s1. The van der Waals surface area contributed by atoms with Crippen molar-refractivity contribution in [2.75, 3.05) is 13.2 Å². The number of halogens is 1. The Labute approximate surface area is 152 Å². The number of ether oxygens (including phenoxy) is 2. The van der Waals surface area contributed by atoms with Crippen LogP contribution in [0.4, 0.5) is 4.39 Å². The molecule has 1 saturated heterocycles. The van der Waals surface area contributed by atoms with Crippen LogP contribution >= 0.6 is 0 Å². The van der Waals surface area contributed by atoms with Crippen molar-refractivity contribution in [3.05, 3.63) is 47.5 Å². The Kier molecular flexibility index (Phi) is 5.41. The third-order valence-electron chi connectivity index (χ3n) is 4.51. The van der Waals surface area contributed by atoms with E-state index in [0.717, 1.165) is 18.4 Å². The zero-order valence-electron chi connectivity index (χ0n) is 15.2. The molecule has 0 spiro atoms. The zero-order chi connectivity index (χ0) is 18.7. The molecule has 2 aliphatic heterocycles. The van der Waals surface area contributed by atoms with Gasteiger partial charge in [0, 0.05) is 32.2 Å². The first-order valence-electron chi connectivity index (χ1n) is 8.91. The Bertz CT molecular complexity index is 705. The van der Waals surface area contributed by atoms with Crippen LogP contribution in [0.5, 0.6) is 0 Å². The number of rotatable bonds is 5. The lowest BCUT2D eigenvalue weighted by Crippen LogP contribution is -2.42. The van der Waals surface area contributed by atoms with Crippen LogP contribution < -0.4 is 0 Å². The van der Waals surface area contributed by atoms with Crippen molar-refractivity contribution in [1.29, 1.82) is 0 Å². The smallest absolute Gasteiger partial charge is 0.289 e. The number of allylic oxidation sites excluding steroid dienone is 1. The van der Waals surface area contributed by atoms with Crippen molar-refractivity contribution in [2.24, 2.45) is 0 Å². The van der Waals surface area contributed by atoms with Gasteiger partial charge in [-0.05, 0) is 44.4 Å². The molecule has 26 heavy (non-hydrogen) atoms. The molecule has 2 aliphatic rings. The van der Waals surface area contributed by atoms with Crippen molar-refractivity contribution >= 4 is 11.7 Å². The van der Waals surface area contributed by atoms with Crippen molar-refractivity contribution in [1.82, 2.24) is 4.90 Å². The highest BCUT2D eigenvalue weighted by molar-refractivity contribution is 6.01. The number of benzene rings is 1. The van der Waals surface area contributed by atoms with E-state index in [2.05, 4.69) is 0 Å². The summed E-state index contributed by atoms with van der Waals surface area (Å²) in [4.78, 5) is 26.6. The molecule has 1 atom stereocenters. The lowest BCUT2D eigenvalue weighted by atomic mass is 9.98. The van der Waals surface area contributed by atoms with E-state index < -0.39 is 5.60 Å². The van der Waals surface area contributed by atoms with Crippen LogP contribution in [0, 0.1) is 5.82 Å². The molecule has 2 heterocycles. The first kappa shape index (κ1) is 18.6. The second-order valence-electron chi connectivity index (χ2n) is 7.46. The number of hydrogen-bond donors (Lipinski definition) is 0. The molecular formula is C20H24FNO4. The quantitative estimate of drug-likeness (QED) is 0.809. The van der Waals surface area contributed by atoms with Gasteiger partial charge in [-0.25, -0.2) is 4.39 Å². The van der Waals surface area contributed by atoms with Gasteiger partial charge in [0.05, 0.1) is 6.10 Å². The van der Waals surface area contributed by atoms with E-state index in [1.54, 1.807) is 30.9 Å². The third kappa shape index (κ3) is 4.69. The Morgan fingerprint density at radius 2 is 2.04 bits per heavy atom. The summed E-state index contributed by atoms with van der Waals surface area (Å²) in [6.07, 6.45) is 3.34. The van der Waals surface area contributed by atoms with E-state index in [1.165, 1.54) is 18.2 Å². The molecule has 1 aromatic carbocycles. The highest BCUT2D eigenvalue weighted by Gasteiger charge is 2.34. The van der Waals surface area contributed by atoms with Crippen molar-refractivity contribution in [3.63, 3.8) is 0 Å². The van der Waals surface area contributed by atoms with Gasteiger partial charge in [-0.3, -0.25) is 9.59 Å². The summed E-state index contributed by atoms with van der Waals surface area (Å²) in [7, 11) is 0. The van der Waals surface area contributed by atoms with E-state index >= 15 is 0 Å². The van der Waals surface area contributed by atoms with Gasteiger partial charge in [-0.15, -0.1) is 0 Å². The number of ketones is 1. The minimum Gasteiger partial charge on any atom is -0.481 e. The number of hydrogen-bond acceptors (Lipinski definition) is 4. The Hall–Kier alpha value is -2.21. The average Bonchev–Trinajstić information content (AvgIpc) is 3.07. The van der Waals surface area contributed by atoms with Crippen LogP contribution in [0.1, 0.15) is 38.7 Å². The normalized spacial score (nSPS) is 21.9. The van der Waals surface area contributed by atoms with Crippen molar-refractivity contribution in [2.45, 2.75) is 51.4 Å². The summed E-state index contributed by atoms with van der Waals surface area (Å²) in [6.45, 7) is 4.97. The van der Waals surface area contributed by atoms with Gasteiger partial charge in [0.2, 0.25) is 0 Å². The summed E-state index contributed by atoms with van der Waals surface area (Å²) < 4.78 is 24.6. The summed E-state index contributed by atoms with van der Waals surface area (Å²) >= 11 is 0. The highest BCUT2D eigenvalue weighted by atomic mass is 19.1. The number of carbonyl (C=O) groups is 2. The maximum atomic E-state index is 13.2. The largest absolute Gasteiger partial charge is 0.481 e. The van der Waals surface area contributed by atoms with Crippen molar-refractivity contribution < 1.29 is 23.5 Å². The molecule has 5 nitrogen and oxygen atoms in total. The van der Waals surface area contributed by atoms with Crippen LogP contribution in [0.15, 0.2) is 36.1 Å². The van der Waals surface area contributed by atoms with E-state index in [4.69, 9.17) is 9.47 Å². The molecule has 1 fully saturated rings. The van der Waals surface area contributed by atoms with Crippen molar-refractivity contribution in [3.8, 4) is 0 Å². The molecule has 1 amide bonds. The third-order valence-corrected chi connectivity index (χ3v) is 4.51. The molecule has 6 heteroatoms. The monoisotopic (exact) mass is 361 g/mol. The molecule has 3 rings (SSSR count). The molecule has 0 aliphatic carbocycles.